The van der Waals surface area contributed by atoms with Gasteiger partial charge in [-0.15, -0.1) is 0 Å². The van der Waals surface area contributed by atoms with E-state index in [1.165, 1.54) is 17.0 Å². The number of aryl methyl sites for hydroxylation is 1. The third kappa shape index (κ3) is 7.59. The molecule has 0 radical (unpaired) electrons. The Bertz CT molecular complexity index is 1130. The number of hydrogen-bond acceptors (Lipinski definition) is 6. The first-order valence-electron chi connectivity index (χ1n) is 11.5. The number of halogens is 3. The minimum Gasteiger partial charge on any atom is -0.477 e. The van der Waals surface area contributed by atoms with E-state index in [0.29, 0.717) is 30.7 Å². The standard InChI is InChI=1S/C24H32F3N5O2Si/c1-16(2)14-34-22-9-17(3)18(10-30-22)19-11-29-20(12-28-19)23-31-21(24(25,26)27)13-32(23)15-33-7-8-35(4,5)6/h9-13,16H,7-8,14-15H2,1-6H3. The first-order valence-corrected chi connectivity index (χ1v) is 15.2. The van der Waals surface area contributed by atoms with Crippen LogP contribution in [0.1, 0.15) is 25.1 Å². The van der Waals surface area contributed by atoms with Crippen molar-refractivity contribution in [3.05, 3.63) is 42.1 Å². The summed E-state index contributed by atoms with van der Waals surface area (Å²) < 4.78 is 52.7. The Kier molecular flexibility index (Phi) is 8.32. The van der Waals surface area contributed by atoms with Crippen LogP contribution in [0, 0.1) is 12.8 Å². The Hall–Kier alpha value is -2.79. The number of nitrogens with zero attached hydrogens (tertiary/aromatic N) is 5. The topological polar surface area (TPSA) is 75.0 Å². The van der Waals surface area contributed by atoms with Gasteiger partial charge in [0.1, 0.15) is 12.4 Å². The van der Waals surface area contributed by atoms with Gasteiger partial charge < -0.3 is 14.0 Å². The van der Waals surface area contributed by atoms with E-state index in [1.807, 2.05) is 13.0 Å². The summed E-state index contributed by atoms with van der Waals surface area (Å²) >= 11 is 0. The van der Waals surface area contributed by atoms with Gasteiger partial charge in [-0.3, -0.25) is 4.98 Å². The average Bonchev–Trinajstić information content (AvgIpc) is 3.20. The third-order valence-corrected chi connectivity index (χ3v) is 6.81. The fourth-order valence-electron chi connectivity index (χ4n) is 3.11. The van der Waals surface area contributed by atoms with E-state index in [4.69, 9.17) is 9.47 Å². The summed E-state index contributed by atoms with van der Waals surface area (Å²) in [7, 11) is -1.32. The highest BCUT2D eigenvalue weighted by atomic mass is 28.3. The molecule has 0 N–H and O–H groups in total. The van der Waals surface area contributed by atoms with Crippen LogP contribution in [0.5, 0.6) is 5.88 Å². The molecule has 0 saturated carbocycles. The third-order valence-electron chi connectivity index (χ3n) is 5.10. The predicted octanol–water partition coefficient (Wildman–Crippen LogP) is 6.08. The van der Waals surface area contributed by atoms with Gasteiger partial charge >= 0.3 is 6.18 Å². The van der Waals surface area contributed by atoms with Crippen LogP contribution in [0.25, 0.3) is 22.8 Å². The smallest absolute Gasteiger partial charge is 0.434 e. The molecule has 7 nitrogen and oxygen atoms in total. The Morgan fingerprint density at radius 1 is 1.03 bits per heavy atom. The van der Waals surface area contributed by atoms with Crippen molar-refractivity contribution in [2.24, 2.45) is 5.92 Å². The monoisotopic (exact) mass is 507 g/mol. The predicted molar refractivity (Wildman–Crippen MR) is 131 cm³/mol. The van der Waals surface area contributed by atoms with Crippen LogP contribution >= 0.6 is 0 Å². The Morgan fingerprint density at radius 2 is 1.71 bits per heavy atom. The molecule has 190 valence electrons. The number of imidazole rings is 1. The largest absolute Gasteiger partial charge is 0.477 e. The lowest BCUT2D eigenvalue weighted by Crippen LogP contribution is -2.22. The van der Waals surface area contributed by atoms with Crippen molar-refractivity contribution in [2.45, 2.75) is 59.4 Å². The Morgan fingerprint density at radius 3 is 2.29 bits per heavy atom. The van der Waals surface area contributed by atoms with Crippen LogP contribution in [0.4, 0.5) is 13.2 Å². The van der Waals surface area contributed by atoms with Crippen molar-refractivity contribution in [1.82, 2.24) is 24.5 Å². The number of alkyl halides is 3. The fraction of sp³-hybridized carbons (Fsp3) is 0.500. The molecule has 0 aliphatic rings. The van der Waals surface area contributed by atoms with Crippen molar-refractivity contribution in [3.63, 3.8) is 0 Å². The summed E-state index contributed by atoms with van der Waals surface area (Å²) in [4.78, 5) is 16.9. The van der Waals surface area contributed by atoms with Crippen LogP contribution in [-0.2, 0) is 17.6 Å². The van der Waals surface area contributed by atoms with Gasteiger partial charge in [0.15, 0.2) is 11.5 Å². The van der Waals surface area contributed by atoms with E-state index in [0.717, 1.165) is 23.4 Å². The lowest BCUT2D eigenvalue weighted by molar-refractivity contribution is -0.141. The summed E-state index contributed by atoms with van der Waals surface area (Å²) in [6, 6.07) is 2.74. The molecule has 0 aromatic carbocycles. The summed E-state index contributed by atoms with van der Waals surface area (Å²) in [5.41, 5.74) is 1.44. The van der Waals surface area contributed by atoms with Crippen molar-refractivity contribution in [1.29, 1.82) is 0 Å². The van der Waals surface area contributed by atoms with Gasteiger partial charge in [0, 0.05) is 38.7 Å². The molecule has 3 rings (SSSR count). The highest BCUT2D eigenvalue weighted by molar-refractivity contribution is 6.76. The minimum atomic E-state index is -4.58. The van der Waals surface area contributed by atoms with Crippen molar-refractivity contribution < 1.29 is 22.6 Å². The van der Waals surface area contributed by atoms with Crippen LogP contribution < -0.4 is 4.74 Å². The zero-order valence-electron chi connectivity index (χ0n) is 21.0. The molecule has 3 heterocycles. The van der Waals surface area contributed by atoms with Crippen LogP contribution in [-0.4, -0.2) is 45.8 Å². The molecule has 3 aromatic heterocycles. The lowest BCUT2D eigenvalue weighted by Gasteiger charge is -2.16. The van der Waals surface area contributed by atoms with E-state index in [1.54, 1.807) is 6.20 Å². The van der Waals surface area contributed by atoms with Gasteiger partial charge in [0.25, 0.3) is 0 Å². The molecule has 11 heteroatoms. The second-order valence-electron chi connectivity index (χ2n) is 10.1. The number of pyridine rings is 1. The number of aromatic nitrogens is 5. The molecule has 0 atom stereocenters. The molecule has 0 saturated heterocycles. The van der Waals surface area contributed by atoms with Gasteiger partial charge in [-0.05, 0) is 24.4 Å². The van der Waals surface area contributed by atoms with Crippen LogP contribution in [0.3, 0.4) is 0 Å². The summed E-state index contributed by atoms with van der Waals surface area (Å²) in [5.74, 6) is 0.961. The molecule has 3 aromatic rings. The SMILES string of the molecule is Cc1cc(OCC(C)C)ncc1-c1cnc(-c2nc(C(F)(F)F)cn2COCC[Si](C)(C)C)cn1. The maximum atomic E-state index is 13.3. The molecule has 0 aliphatic carbocycles. The maximum Gasteiger partial charge on any atom is 0.434 e. The van der Waals surface area contributed by atoms with Gasteiger partial charge in [0.2, 0.25) is 5.88 Å². The average molecular weight is 508 g/mol. The second kappa shape index (κ2) is 10.9. The maximum absolute atomic E-state index is 13.3. The van der Waals surface area contributed by atoms with Crippen LogP contribution in [0.15, 0.2) is 30.9 Å². The lowest BCUT2D eigenvalue weighted by atomic mass is 10.1. The molecule has 0 unspecified atom stereocenters. The summed E-state index contributed by atoms with van der Waals surface area (Å²) in [6.07, 6.45) is 0.951. The first-order chi connectivity index (χ1) is 16.3. The van der Waals surface area contributed by atoms with Gasteiger partial charge in [-0.2, -0.15) is 13.2 Å². The normalized spacial score (nSPS) is 12.4. The molecule has 35 heavy (non-hydrogen) atoms. The quantitative estimate of drug-likeness (QED) is 0.245. The molecule has 0 amide bonds. The molecule has 0 fully saturated rings. The summed E-state index contributed by atoms with van der Waals surface area (Å²) in [6.45, 7) is 13.6. The highest BCUT2D eigenvalue weighted by Gasteiger charge is 2.35. The van der Waals surface area contributed by atoms with Gasteiger partial charge in [-0.25, -0.2) is 15.0 Å². The second-order valence-corrected chi connectivity index (χ2v) is 15.7. The zero-order valence-corrected chi connectivity index (χ0v) is 22.0. The number of hydrogen-bond donors (Lipinski definition) is 0. The minimum absolute atomic E-state index is 0.0484. The molecular formula is C24H32F3N5O2Si. The number of ether oxygens (including phenoxy) is 2. The Balaban J connectivity index is 1.82. The molecule has 0 spiro atoms. The molecule has 0 bridgehead atoms. The van der Waals surface area contributed by atoms with Gasteiger partial charge in [0.05, 0.1) is 24.7 Å². The van der Waals surface area contributed by atoms with E-state index in [-0.39, 0.29) is 18.2 Å². The van der Waals surface area contributed by atoms with E-state index < -0.39 is 19.9 Å². The van der Waals surface area contributed by atoms with E-state index in [2.05, 4.69) is 53.4 Å². The molecular weight excluding hydrogens is 475 g/mol. The first kappa shape index (κ1) is 26.8. The summed E-state index contributed by atoms with van der Waals surface area (Å²) in [5, 5.41) is 0. The van der Waals surface area contributed by atoms with Crippen molar-refractivity contribution in [2.75, 3.05) is 13.2 Å². The van der Waals surface area contributed by atoms with E-state index >= 15 is 0 Å². The zero-order chi connectivity index (χ0) is 25.8. The molecule has 0 aliphatic heterocycles. The van der Waals surface area contributed by atoms with Crippen molar-refractivity contribution in [3.8, 4) is 28.7 Å². The Labute approximate surface area is 204 Å². The van der Waals surface area contributed by atoms with E-state index in [9.17, 15) is 13.2 Å². The van der Waals surface area contributed by atoms with Gasteiger partial charge in [-0.1, -0.05) is 33.5 Å². The van der Waals surface area contributed by atoms with Crippen molar-refractivity contribution >= 4 is 8.07 Å². The van der Waals surface area contributed by atoms with Crippen LogP contribution in [0.2, 0.25) is 25.7 Å². The number of rotatable bonds is 10. The fourth-order valence-corrected chi connectivity index (χ4v) is 3.87. The highest BCUT2D eigenvalue weighted by Crippen LogP contribution is 2.31.